The normalized spacial score (nSPS) is 36.2. The maximum Gasteiger partial charge on any atom is 0.302 e. The Morgan fingerprint density at radius 1 is 1.10 bits per heavy atom. The summed E-state index contributed by atoms with van der Waals surface area (Å²) in [6.07, 6.45) is -0.0102. The van der Waals surface area contributed by atoms with E-state index in [0.29, 0.717) is 6.42 Å². The molecule has 1 rings (SSSR count). The highest BCUT2D eigenvalue weighted by molar-refractivity contribution is 5.66. The average Bonchev–Trinajstić information content (AvgIpc) is 2.21. The zero-order valence-corrected chi connectivity index (χ0v) is 12.7. The van der Waals surface area contributed by atoms with Crippen LogP contribution in [0.5, 0.6) is 0 Å². The van der Waals surface area contributed by atoms with Gasteiger partial charge in [0.05, 0.1) is 5.60 Å². The minimum absolute atomic E-state index is 0.0910. The van der Waals surface area contributed by atoms with Gasteiger partial charge < -0.3 is 19.7 Å². The molecule has 6 nitrogen and oxygen atoms in total. The summed E-state index contributed by atoms with van der Waals surface area (Å²) in [5, 5.41) is 21.5. The van der Waals surface area contributed by atoms with Crippen LogP contribution >= 0.6 is 0 Å². The molecule has 1 fully saturated rings. The molecule has 0 amide bonds. The van der Waals surface area contributed by atoms with E-state index in [1.54, 1.807) is 13.8 Å². The first kappa shape index (κ1) is 16.9. The first-order valence-electron chi connectivity index (χ1n) is 6.67. The summed E-state index contributed by atoms with van der Waals surface area (Å²) < 4.78 is 10.1. The Morgan fingerprint density at radius 3 is 2.05 bits per heavy atom. The SMILES string of the molecule is CC(=O)OCC1(O)C(C)(C)C[C@H](OC(C)=O)C[C@@]1(C)O. The summed E-state index contributed by atoms with van der Waals surface area (Å²) in [5.74, 6) is -0.945. The van der Waals surface area contributed by atoms with Crippen LogP contribution in [-0.2, 0) is 19.1 Å². The van der Waals surface area contributed by atoms with Crippen molar-refractivity contribution in [2.45, 2.75) is 64.8 Å². The van der Waals surface area contributed by atoms with Crippen molar-refractivity contribution >= 4 is 11.9 Å². The second-order valence-corrected chi connectivity index (χ2v) is 6.44. The van der Waals surface area contributed by atoms with Crippen LogP contribution in [-0.4, -0.2) is 46.1 Å². The second kappa shape index (κ2) is 5.33. The molecule has 2 N–H and O–H groups in total. The predicted octanol–water partition coefficient (Wildman–Crippen LogP) is 0.783. The first-order valence-corrected chi connectivity index (χ1v) is 6.67. The standard InChI is InChI=1S/C14H24O6/c1-9(15)19-8-14(18)12(3,4)6-11(20-10(2)16)7-13(14,5)17/h11,17-18H,6-8H2,1-5H3/t11-,13+,14?/m0/s1. The maximum absolute atomic E-state index is 11.1. The number of hydrogen-bond donors (Lipinski definition) is 2. The number of esters is 2. The van der Waals surface area contributed by atoms with Gasteiger partial charge in [0.1, 0.15) is 18.3 Å². The van der Waals surface area contributed by atoms with Crippen LogP contribution in [0.4, 0.5) is 0 Å². The number of rotatable bonds is 3. The van der Waals surface area contributed by atoms with E-state index in [0.717, 1.165) is 0 Å². The van der Waals surface area contributed by atoms with Crippen molar-refractivity contribution in [1.82, 2.24) is 0 Å². The molecule has 0 saturated heterocycles. The van der Waals surface area contributed by atoms with Crippen LogP contribution in [0.2, 0.25) is 0 Å². The van der Waals surface area contributed by atoms with E-state index in [4.69, 9.17) is 9.47 Å². The molecule has 0 aromatic rings. The van der Waals surface area contributed by atoms with Gasteiger partial charge in [0.2, 0.25) is 0 Å². The number of aliphatic hydroxyl groups is 2. The summed E-state index contributed by atoms with van der Waals surface area (Å²) >= 11 is 0. The molecule has 0 heterocycles. The second-order valence-electron chi connectivity index (χ2n) is 6.44. The van der Waals surface area contributed by atoms with E-state index < -0.39 is 34.7 Å². The highest BCUT2D eigenvalue weighted by atomic mass is 16.6. The van der Waals surface area contributed by atoms with Crippen molar-refractivity contribution in [2.75, 3.05) is 6.61 Å². The molecular formula is C14H24O6. The molecule has 0 bridgehead atoms. The van der Waals surface area contributed by atoms with E-state index in [-0.39, 0.29) is 13.0 Å². The fourth-order valence-electron chi connectivity index (χ4n) is 3.03. The lowest BCUT2D eigenvalue weighted by molar-refractivity contribution is -0.261. The average molecular weight is 288 g/mol. The zero-order chi connectivity index (χ0) is 15.8. The fourth-order valence-corrected chi connectivity index (χ4v) is 3.03. The summed E-state index contributed by atoms with van der Waals surface area (Å²) in [4.78, 5) is 22.1. The lowest BCUT2D eigenvalue weighted by Gasteiger charge is -2.55. The topological polar surface area (TPSA) is 93.1 Å². The third kappa shape index (κ3) is 3.12. The Bertz CT molecular complexity index is 380. The van der Waals surface area contributed by atoms with E-state index in [1.165, 1.54) is 20.8 Å². The first-order chi connectivity index (χ1) is 8.91. The fraction of sp³-hybridized carbons (Fsp3) is 0.857. The van der Waals surface area contributed by atoms with E-state index in [2.05, 4.69) is 0 Å². The number of carbonyl (C=O) groups is 2. The number of carbonyl (C=O) groups excluding carboxylic acids is 2. The molecule has 1 aliphatic rings. The molecule has 0 aliphatic heterocycles. The van der Waals surface area contributed by atoms with E-state index in [1.807, 2.05) is 0 Å². The van der Waals surface area contributed by atoms with Gasteiger partial charge >= 0.3 is 11.9 Å². The Morgan fingerprint density at radius 2 is 1.65 bits per heavy atom. The number of hydrogen-bond acceptors (Lipinski definition) is 6. The van der Waals surface area contributed by atoms with Crippen LogP contribution in [0.15, 0.2) is 0 Å². The van der Waals surface area contributed by atoms with Crippen molar-refractivity contribution < 1.29 is 29.3 Å². The van der Waals surface area contributed by atoms with Gasteiger partial charge in [-0.3, -0.25) is 9.59 Å². The van der Waals surface area contributed by atoms with Gasteiger partial charge in [-0.2, -0.15) is 0 Å². The van der Waals surface area contributed by atoms with Gasteiger partial charge in [0.25, 0.3) is 0 Å². The van der Waals surface area contributed by atoms with Crippen molar-refractivity contribution in [1.29, 1.82) is 0 Å². The smallest absolute Gasteiger partial charge is 0.302 e. The molecule has 1 saturated carbocycles. The molecule has 20 heavy (non-hydrogen) atoms. The molecule has 0 aromatic heterocycles. The molecule has 116 valence electrons. The van der Waals surface area contributed by atoms with Gasteiger partial charge in [0, 0.05) is 25.7 Å². The van der Waals surface area contributed by atoms with Crippen molar-refractivity contribution in [3.05, 3.63) is 0 Å². The third-order valence-electron chi connectivity index (χ3n) is 4.19. The van der Waals surface area contributed by atoms with Crippen LogP contribution in [0.3, 0.4) is 0 Å². The van der Waals surface area contributed by atoms with Gasteiger partial charge in [-0.15, -0.1) is 0 Å². The summed E-state index contributed by atoms with van der Waals surface area (Å²) in [6, 6.07) is 0. The highest BCUT2D eigenvalue weighted by Gasteiger charge is 2.61. The monoisotopic (exact) mass is 288 g/mol. The Hall–Kier alpha value is -1.14. The summed E-state index contributed by atoms with van der Waals surface area (Å²) in [7, 11) is 0. The van der Waals surface area contributed by atoms with Crippen molar-refractivity contribution in [3.63, 3.8) is 0 Å². The van der Waals surface area contributed by atoms with Gasteiger partial charge in [-0.1, -0.05) is 13.8 Å². The maximum atomic E-state index is 11.1. The van der Waals surface area contributed by atoms with E-state index in [9.17, 15) is 19.8 Å². The third-order valence-corrected chi connectivity index (χ3v) is 4.19. The summed E-state index contributed by atoms with van der Waals surface area (Å²) in [5.41, 5.74) is -3.93. The van der Waals surface area contributed by atoms with Crippen molar-refractivity contribution in [3.8, 4) is 0 Å². The highest BCUT2D eigenvalue weighted by Crippen LogP contribution is 2.50. The molecule has 0 aromatic carbocycles. The minimum atomic E-state index is -1.61. The van der Waals surface area contributed by atoms with Crippen LogP contribution in [0.25, 0.3) is 0 Å². The molecule has 3 atom stereocenters. The number of ether oxygens (including phenoxy) is 2. The largest absolute Gasteiger partial charge is 0.463 e. The predicted molar refractivity (Wildman–Crippen MR) is 70.8 cm³/mol. The Kier molecular flexibility index (Phi) is 4.51. The molecule has 0 radical (unpaired) electrons. The minimum Gasteiger partial charge on any atom is -0.463 e. The molecule has 1 unspecified atom stereocenters. The molecular weight excluding hydrogens is 264 g/mol. The van der Waals surface area contributed by atoms with Crippen LogP contribution < -0.4 is 0 Å². The van der Waals surface area contributed by atoms with Crippen LogP contribution in [0, 0.1) is 5.41 Å². The lowest BCUT2D eigenvalue weighted by atomic mass is 9.58. The van der Waals surface area contributed by atoms with Crippen LogP contribution in [0.1, 0.15) is 47.5 Å². The molecule has 6 heteroatoms. The Labute approximate surface area is 119 Å². The van der Waals surface area contributed by atoms with Gasteiger partial charge in [-0.05, 0) is 13.3 Å². The Balaban J connectivity index is 3.01. The zero-order valence-electron chi connectivity index (χ0n) is 12.7. The quantitative estimate of drug-likeness (QED) is 0.746. The van der Waals surface area contributed by atoms with Crippen molar-refractivity contribution in [2.24, 2.45) is 5.41 Å². The lowest BCUT2D eigenvalue weighted by Crippen LogP contribution is -2.68. The van der Waals surface area contributed by atoms with Gasteiger partial charge in [0.15, 0.2) is 0 Å². The summed E-state index contributed by atoms with van der Waals surface area (Å²) in [6.45, 7) is 7.22. The molecule has 0 spiro atoms. The van der Waals surface area contributed by atoms with Gasteiger partial charge in [-0.25, -0.2) is 0 Å². The van der Waals surface area contributed by atoms with E-state index >= 15 is 0 Å². The molecule has 1 aliphatic carbocycles.